The average Bonchev–Trinajstić information content (AvgIpc) is 2.89. The number of carbonyl (C=O) groups is 3. The zero-order valence-corrected chi connectivity index (χ0v) is 21.5. The second kappa shape index (κ2) is 13.6. The van der Waals surface area contributed by atoms with E-state index in [1.165, 1.54) is 50.3 Å². The standard InChI is InChI=1S/C29H43NO5/c1-21(29(33)34)30(20-24-13-16-25(35-2)17-14-24)28(32)26(19-23-11-7-4-8-12-23)27(31)18-15-22-9-5-3-6-10-22/h13-14,16-17,21-23,26H,3-12,15,18-20H2,1-2H3,(H,33,34)/t21?,26-/m1/s1. The van der Waals surface area contributed by atoms with E-state index in [-0.39, 0.29) is 18.2 Å². The highest BCUT2D eigenvalue weighted by atomic mass is 16.5. The van der Waals surface area contributed by atoms with Gasteiger partial charge in [-0.25, -0.2) is 4.79 Å². The van der Waals surface area contributed by atoms with Crippen molar-refractivity contribution in [1.82, 2.24) is 4.90 Å². The Morgan fingerprint density at radius 1 is 0.943 bits per heavy atom. The Balaban J connectivity index is 1.78. The topological polar surface area (TPSA) is 83.9 Å². The van der Waals surface area contributed by atoms with E-state index in [0.717, 1.165) is 37.7 Å². The summed E-state index contributed by atoms with van der Waals surface area (Å²) in [6.45, 7) is 1.70. The first-order chi connectivity index (χ1) is 16.9. The van der Waals surface area contributed by atoms with E-state index >= 15 is 0 Å². The van der Waals surface area contributed by atoms with Crippen molar-refractivity contribution >= 4 is 17.7 Å². The molecular formula is C29H43NO5. The lowest BCUT2D eigenvalue weighted by molar-refractivity contribution is -0.154. The van der Waals surface area contributed by atoms with E-state index < -0.39 is 17.9 Å². The van der Waals surface area contributed by atoms with Gasteiger partial charge in [-0.3, -0.25) is 9.59 Å². The summed E-state index contributed by atoms with van der Waals surface area (Å²) in [6, 6.07) is 6.28. The largest absolute Gasteiger partial charge is 0.497 e. The fraction of sp³-hybridized carbons (Fsp3) is 0.690. The lowest BCUT2D eigenvalue weighted by Crippen LogP contribution is -2.47. The molecule has 6 nitrogen and oxygen atoms in total. The molecule has 1 N–H and O–H groups in total. The second-order valence-electron chi connectivity index (χ2n) is 10.6. The number of rotatable bonds is 12. The molecule has 0 aliphatic heterocycles. The van der Waals surface area contributed by atoms with Crippen LogP contribution in [0.25, 0.3) is 0 Å². The molecule has 1 amide bonds. The van der Waals surface area contributed by atoms with Crippen molar-refractivity contribution in [1.29, 1.82) is 0 Å². The van der Waals surface area contributed by atoms with Crippen molar-refractivity contribution in [2.75, 3.05) is 7.11 Å². The van der Waals surface area contributed by atoms with Gasteiger partial charge in [-0.1, -0.05) is 76.3 Å². The van der Waals surface area contributed by atoms with Gasteiger partial charge in [0.15, 0.2) is 0 Å². The van der Waals surface area contributed by atoms with Crippen LogP contribution in [0.5, 0.6) is 5.75 Å². The van der Waals surface area contributed by atoms with Crippen LogP contribution >= 0.6 is 0 Å². The van der Waals surface area contributed by atoms with Crippen LogP contribution in [0, 0.1) is 17.8 Å². The van der Waals surface area contributed by atoms with Crippen molar-refractivity contribution in [2.45, 2.75) is 103 Å². The summed E-state index contributed by atoms with van der Waals surface area (Å²) in [5.41, 5.74) is 0.818. The van der Waals surface area contributed by atoms with Gasteiger partial charge in [-0.05, 0) is 49.3 Å². The first kappa shape index (κ1) is 27.2. The number of aliphatic carboxylic acids is 1. The maximum absolute atomic E-state index is 13.9. The zero-order valence-electron chi connectivity index (χ0n) is 21.5. The Bertz CT molecular complexity index is 824. The molecule has 0 saturated heterocycles. The predicted octanol–water partition coefficient (Wildman–Crippen LogP) is 6.01. The molecule has 0 spiro atoms. The summed E-state index contributed by atoms with van der Waals surface area (Å²) in [5.74, 6) is -0.491. The number of ketones is 1. The molecule has 194 valence electrons. The molecule has 2 aliphatic carbocycles. The van der Waals surface area contributed by atoms with Gasteiger partial charge in [0.1, 0.15) is 17.6 Å². The number of carboxylic acid groups (broad SMARTS) is 1. The summed E-state index contributed by atoms with van der Waals surface area (Å²) >= 11 is 0. The third-order valence-electron chi connectivity index (χ3n) is 8.12. The fourth-order valence-corrected chi connectivity index (χ4v) is 5.79. The van der Waals surface area contributed by atoms with Crippen molar-refractivity contribution in [2.24, 2.45) is 17.8 Å². The summed E-state index contributed by atoms with van der Waals surface area (Å²) in [6.07, 6.45) is 13.5. The van der Waals surface area contributed by atoms with E-state index in [0.29, 0.717) is 30.4 Å². The highest BCUT2D eigenvalue weighted by Crippen LogP contribution is 2.33. The minimum absolute atomic E-state index is 0.00321. The quantitative estimate of drug-likeness (QED) is 0.366. The van der Waals surface area contributed by atoms with Crippen molar-refractivity contribution in [3.8, 4) is 5.75 Å². The van der Waals surface area contributed by atoms with Crippen LogP contribution in [0.2, 0.25) is 0 Å². The molecule has 0 bridgehead atoms. The van der Waals surface area contributed by atoms with Gasteiger partial charge in [0, 0.05) is 13.0 Å². The molecule has 0 heterocycles. The molecule has 6 heteroatoms. The molecule has 2 aliphatic rings. The average molecular weight is 486 g/mol. The van der Waals surface area contributed by atoms with Crippen molar-refractivity contribution < 1.29 is 24.2 Å². The zero-order chi connectivity index (χ0) is 25.2. The predicted molar refractivity (Wildman–Crippen MR) is 136 cm³/mol. The van der Waals surface area contributed by atoms with Crippen LogP contribution in [0.3, 0.4) is 0 Å². The molecule has 2 atom stereocenters. The highest BCUT2D eigenvalue weighted by Gasteiger charge is 2.36. The number of hydrogen-bond acceptors (Lipinski definition) is 4. The number of ether oxygens (including phenoxy) is 1. The third kappa shape index (κ3) is 8.08. The van der Waals surface area contributed by atoms with Crippen LogP contribution in [0.1, 0.15) is 96.0 Å². The summed E-state index contributed by atoms with van der Waals surface area (Å²) in [4.78, 5) is 40.8. The summed E-state index contributed by atoms with van der Waals surface area (Å²) in [7, 11) is 1.59. The van der Waals surface area contributed by atoms with E-state index in [9.17, 15) is 19.5 Å². The number of carbonyl (C=O) groups excluding carboxylic acids is 2. The lowest BCUT2D eigenvalue weighted by atomic mass is 9.79. The van der Waals surface area contributed by atoms with Crippen molar-refractivity contribution in [3.63, 3.8) is 0 Å². The molecular weight excluding hydrogens is 442 g/mol. The van der Waals surface area contributed by atoms with Crippen molar-refractivity contribution in [3.05, 3.63) is 29.8 Å². The first-order valence-corrected chi connectivity index (χ1v) is 13.6. The number of benzene rings is 1. The first-order valence-electron chi connectivity index (χ1n) is 13.6. The number of nitrogens with zero attached hydrogens (tertiary/aromatic N) is 1. The Kier molecular flexibility index (Phi) is 10.6. The van der Waals surface area contributed by atoms with Crippen LogP contribution in [0.4, 0.5) is 0 Å². The number of amides is 1. The minimum Gasteiger partial charge on any atom is -0.497 e. The second-order valence-corrected chi connectivity index (χ2v) is 10.6. The molecule has 2 fully saturated rings. The molecule has 2 saturated carbocycles. The Morgan fingerprint density at radius 2 is 1.51 bits per heavy atom. The van der Waals surface area contributed by atoms with Gasteiger partial charge in [0.2, 0.25) is 5.91 Å². The number of carboxylic acids is 1. The Labute approximate surface area is 210 Å². The Morgan fingerprint density at radius 3 is 2.06 bits per heavy atom. The SMILES string of the molecule is COc1ccc(CN(C(=O)[C@H](CC2CCCCC2)C(=O)CCC2CCCCC2)C(C)C(=O)O)cc1. The van der Waals surface area contributed by atoms with Crippen LogP contribution < -0.4 is 4.74 Å². The van der Waals surface area contributed by atoms with E-state index in [1.807, 2.05) is 12.1 Å². The number of methoxy groups -OCH3 is 1. The van der Waals surface area contributed by atoms with Gasteiger partial charge < -0.3 is 14.7 Å². The minimum atomic E-state index is -1.06. The molecule has 35 heavy (non-hydrogen) atoms. The van der Waals surface area contributed by atoms with Crippen LogP contribution in [-0.4, -0.2) is 40.8 Å². The maximum Gasteiger partial charge on any atom is 0.326 e. The molecule has 0 aromatic heterocycles. The van der Waals surface area contributed by atoms with Gasteiger partial charge in [0.05, 0.1) is 13.0 Å². The third-order valence-corrected chi connectivity index (χ3v) is 8.12. The van der Waals surface area contributed by atoms with E-state index in [1.54, 1.807) is 19.2 Å². The normalized spacial score (nSPS) is 19.0. The molecule has 3 rings (SSSR count). The monoisotopic (exact) mass is 485 g/mol. The van der Waals surface area contributed by atoms with Crippen LogP contribution in [0.15, 0.2) is 24.3 Å². The van der Waals surface area contributed by atoms with Gasteiger partial charge in [-0.2, -0.15) is 0 Å². The Hall–Kier alpha value is -2.37. The van der Waals surface area contributed by atoms with Gasteiger partial charge in [0.25, 0.3) is 0 Å². The molecule has 1 aromatic rings. The highest BCUT2D eigenvalue weighted by molar-refractivity contribution is 6.02. The smallest absolute Gasteiger partial charge is 0.326 e. The van der Waals surface area contributed by atoms with Gasteiger partial charge in [-0.15, -0.1) is 0 Å². The van der Waals surface area contributed by atoms with Crippen LogP contribution in [-0.2, 0) is 20.9 Å². The fourth-order valence-electron chi connectivity index (χ4n) is 5.79. The maximum atomic E-state index is 13.9. The summed E-state index contributed by atoms with van der Waals surface area (Å²) in [5, 5.41) is 9.78. The molecule has 1 aromatic carbocycles. The van der Waals surface area contributed by atoms with E-state index in [2.05, 4.69) is 0 Å². The number of hydrogen-bond donors (Lipinski definition) is 1. The number of Topliss-reactive ketones (excluding diaryl/α,β-unsaturated/α-hetero) is 1. The lowest BCUT2D eigenvalue weighted by Gasteiger charge is -2.32. The molecule has 0 radical (unpaired) electrons. The van der Waals surface area contributed by atoms with E-state index in [4.69, 9.17) is 4.74 Å². The molecule has 1 unspecified atom stereocenters. The van der Waals surface area contributed by atoms with Gasteiger partial charge >= 0.3 is 5.97 Å². The summed E-state index contributed by atoms with van der Waals surface area (Å²) < 4.78 is 5.22.